The molecule has 3 aromatic carbocycles. The van der Waals surface area contributed by atoms with E-state index in [-0.39, 0.29) is 18.4 Å². The van der Waals surface area contributed by atoms with Crippen molar-refractivity contribution in [2.24, 2.45) is 0 Å². The number of methoxy groups -OCH3 is 1. The van der Waals surface area contributed by atoms with Crippen LogP contribution < -0.4 is 10.1 Å². The first-order chi connectivity index (χ1) is 17.4. The molecule has 4 rings (SSSR count). The lowest BCUT2D eigenvalue weighted by Gasteiger charge is -2.20. The zero-order valence-electron chi connectivity index (χ0n) is 19.7. The Hall–Kier alpha value is -3.81. The monoisotopic (exact) mass is 522 g/mol. The molecule has 0 aliphatic rings. The molecule has 7 nitrogen and oxygen atoms in total. The number of hydrogen-bond donors (Lipinski definition) is 1. The minimum absolute atomic E-state index is 0.135. The quantitative estimate of drug-likeness (QED) is 0.310. The predicted molar refractivity (Wildman–Crippen MR) is 142 cm³/mol. The van der Waals surface area contributed by atoms with Crippen molar-refractivity contribution in [3.05, 3.63) is 94.6 Å². The Labute approximate surface area is 219 Å². The average Bonchev–Trinajstić information content (AvgIpc) is 3.31. The minimum atomic E-state index is -0.373. The van der Waals surface area contributed by atoms with E-state index >= 15 is 0 Å². The van der Waals surface area contributed by atoms with E-state index in [2.05, 4.69) is 10.3 Å². The normalized spacial score (nSPS) is 10.7. The van der Waals surface area contributed by atoms with Gasteiger partial charge in [-0.2, -0.15) is 0 Å². The van der Waals surface area contributed by atoms with Gasteiger partial charge in [0.25, 0.3) is 5.91 Å². The molecule has 2 amide bonds. The Bertz CT molecular complexity index is 1350. The smallest absolute Gasteiger partial charge is 0.254 e. The maximum absolute atomic E-state index is 13.0. The summed E-state index contributed by atoms with van der Waals surface area (Å²) in [5, 5.41) is 4.01. The number of imidazole rings is 1. The van der Waals surface area contributed by atoms with Crippen molar-refractivity contribution in [2.45, 2.75) is 6.92 Å². The van der Waals surface area contributed by atoms with E-state index < -0.39 is 0 Å². The van der Waals surface area contributed by atoms with Crippen molar-refractivity contribution < 1.29 is 14.3 Å². The molecular weight excluding hydrogens is 499 g/mol. The fraction of sp³-hybridized carbons (Fsp3) is 0.148. The molecule has 0 unspecified atom stereocenters. The van der Waals surface area contributed by atoms with Gasteiger partial charge in [0.2, 0.25) is 11.9 Å². The van der Waals surface area contributed by atoms with E-state index in [4.69, 9.17) is 27.9 Å². The van der Waals surface area contributed by atoms with Gasteiger partial charge in [0.15, 0.2) is 0 Å². The molecule has 0 spiro atoms. The lowest BCUT2D eigenvalue weighted by atomic mass is 10.2. The highest BCUT2D eigenvalue weighted by Gasteiger charge is 2.20. The second-order valence-corrected chi connectivity index (χ2v) is 8.77. The molecule has 4 aromatic rings. The molecule has 0 bridgehead atoms. The number of aromatic nitrogens is 2. The summed E-state index contributed by atoms with van der Waals surface area (Å²) >= 11 is 12.0. The number of carbonyl (C=O) groups is 2. The average molecular weight is 523 g/mol. The molecule has 9 heteroatoms. The number of carbonyl (C=O) groups excluding carboxylic acids is 2. The molecule has 0 radical (unpaired) electrons. The Morgan fingerprint density at radius 3 is 2.14 bits per heavy atom. The van der Waals surface area contributed by atoms with Crippen LogP contribution in [0.3, 0.4) is 0 Å². The third kappa shape index (κ3) is 5.87. The molecule has 0 aliphatic heterocycles. The lowest BCUT2D eigenvalue weighted by molar-refractivity contribution is -0.116. The second-order valence-electron chi connectivity index (χ2n) is 7.90. The number of amides is 2. The van der Waals surface area contributed by atoms with Crippen LogP contribution in [0, 0.1) is 0 Å². The maximum atomic E-state index is 13.0. The van der Waals surface area contributed by atoms with E-state index in [1.54, 1.807) is 48.1 Å². The highest BCUT2D eigenvalue weighted by molar-refractivity contribution is 6.31. The molecule has 1 aromatic heterocycles. The first-order valence-corrected chi connectivity index (χ1v) is 12.0. The number of halogens is 2. The fourth-order valence-corrected chi connectivity index (χ4v) is 3.86. The highest BCUT2D eigenvalue weighted by atomic mass is 35.5. The largest absolute Gasteiger partial charge is 0.497 e. The third-order valence-corrected chi connectivity index (χ3v) is 6.05. The van der Waals surface area contributed by atoms with Crippen molar-refractivity contribution in [3.8, 4) is 22.7 Å². The van der Waals surface area contributed by atoms with Crippen LogP contribution in [-0.4, -0.2) is 46.5 Å². The van der Waals surface area contributed by atoms with Gasteiger partial charge in [0.05, 0.1) is 12.8 Å². The summed E-state index contributed by atoms with van der Waals surface area (Å²) in [6.07, 6.45) is 1.83. The number of hydrogen-bond acceptors (Lipinski definition) is 4. The molecule has 1 N–H and O–H groups in total. The van der Waals surface area contributed by atoms with E-state index in [1.807, 2.05) is 49.5 Å². The molecule has 0 saturated heterocycles. The molecule has 1 heterocycles. The number of ether oxygens (including phenoxy) is 1. The minimum Gasteiger partial charge on any atom is -0.497 e. The molecular formula is C27H24Cl2N4O3. The van der Waals surface area contributed by atoms with Crippen molar-refractivity contribution in [1.29, 1.82) is 0 Å². The van der Waals surface area contributed by atoms with Crippen LogP contribution in [0.15, 0.2) is 79.0 Å². The molecule has 0 atom stereocenters. The van der Waals surface area contributed by atoms with Gasteiger partial charge in [0, 0.05) is 39.6 Å². The number of likely N-dealkylation sites (N-methyl/N-ethyl adjacent to an activating group) is 1. The van der Waals surface area contributed by atoms with Crippen molar-refractivity contribution in [3.63, 3.8) is 0 Å². The van der Waals surface area contributed by atoms with Gasteiger partial charge in [-0.1, -0.05) is 35.3 Å². The first kappa shape index (κ1) is 25.3. The van der Waals surface area contributed by atoms with Crippen LogP contribution >= 0.6 is 23.2 Å². The summed E-state index contributed by atoms with van der Waals surface area (Å²) in [5.74, 6) is 0.402. The van der Waals surface area contributed by atoms with Crippen LogP contribution in [-0.2, 0) is 4.79 Å². The number of anilines is 1. The molecule has 36 heavy (non-hydrogen) atoms. The van der Waals surface area contributed by atoms with Gasteiger partial charge in [-0.3, -0.25) is 19.5 Å². The van der Waals surface area contributed by atoms with Crippen molar-refractivity contribution >= 4 is 41.0 Å². The summed E-state index contributed by atoms with van der Waals surface area (Å²) in [4.78, 5) is 32.0. The predicted octanol–water partition coefficient (Wildman–Crippen LogP) is 5.96. The SMILES string of the molecule is CCN(CC(=O)Nc1nc(-c2ccc(Cl)cc2)cn1-c1ccc(OC)cc1)C(=O)c1ccc(Cl)cc1. The van der Waals surface area contributed by atoms with Gasteiger partial charge in [-0.25, -0.2) is 4.98 Å². The molecule has 0 saturated carbocycles. The van der Waals surface area contributed by atoms with E-state index in [9.17, 15) is 9.59 Å². The molecule has 0 aliphatic carbocycles. The van der Waals surface area contributed by atoms with Crippen LogP contribution in [0.5, 0.6) is 5.75 Å². The van der Waals surface area contributed by atoms with Gasteiger partial charge in [-0.05, 0) is 67.6 Å². The van der Waals surface area contributed by atoms with E-state index in [0.29, 0.717) is 39.5 Å². The summed E-state index contributed by atoms with van der Waals surface area (Å²) in [7, 11) is 1.60. The lowest BCUT2D eigenvalue weighted by Crippen LogP contribution is -2.38. The molecule has 184 valence electrons. The zero-order valence-corrected chi connectivity index (χ0v) is 21.3. The van der Waals surface area contributed by atoms with Crippen LogP contribution in [0.2, 0.25) is 10.0 Å². The van der Waals surface area contributed by atoms with E-state index in [0.717, 1.165) is 11.3 Å². The Kier molecular flexibility index (Phi) is 7.93. The third-order valence-electron chi connectivity index (χ3n) is 5.54. The second kappa shape index (κ2) is 11.3. The summed E-state index contributed by atoms with van der Waals surface area (Å²) in [5.41, 5.74) is 2.74. The Morgan fingerprint density at radius 1 is 0.944 bits per heavy atom. The van der Waals surface area contributed by atoms with Crippen LogP contribution in [0.1, 0.15) is 17.3 Å². The van der Waals surface area contributed by atoms with Crippen molar-refractivity contribution in [2.75, 3.05) is 25.5 Å². The van der Waals surface area contributed by atoms with Crippen LogP contribution in [0.25, 0.3) is 16.9 Å². The number of benzene rings is 3. The van der Waals surface area contributed by atoms with E-state index in [1.165, 1.54) is 4.90 Å². The Morgan fingerprint density at radius 2 is 1.56 bits per heavy atom. The topological polar surface area (TPSA) is 76.5 Å². The summed E-state index contributed by atoms with van der Waals surface area (Å²) < 4.78 is 7.03. The first-order valence-electron chi connectivity index (χ1n) is 11.2. The van der Waals surface area contributed by atoms with Gasteiger partial charge in [-0.15, -0.1) is 0 Å². The number of rotatable bonds is 8. The number of nitrogens with zero attached hydrogens (tertiary/aromatic N) is 3. The van der Waals surface area contributed by atoms with Gasteiger partial charge >= 0.3 is 0 Å². The highest BCUT2D eigenvalue weighted by Crippen LogP contribution is 2.26. The van der Waals surface area contributed by atoms with Crippen LogP contribution in [0.4, 0.5) is 5.95 Å². The fourth-order valence-electron chi connectivity index (χ4n) is 3.61. The molecule has 0 fully saturated rings. The number of nitrogens with one attached hydrogen (secondary N) is 1. The zero-order chi connectivity index (χ0) is 25.7. The Balaban J connectivity index is 1.59. The maximum Gasteiger partial charge on any atom is 0.254 e. The summed E-state index contributed by atoms with van der Waals surface area (Å²) in [6.45, 7) is 2.04. The van der Waals surface area contributed by atoms with Crippen molar-refractivity contribution in [1.82, 2.24) is 14.5 Å². The van der Waals surface area contributed by atoms with Gasteiger partial charge < -0.3 is 9.64 Å². The van der Waals surface area contributed by atoms with Gasteiger partial charge in [0.1, 0.15) is 12.3 Å². The summed E-state index contributed by atoms with van der Waals surface area (Å²) in [6, 6.07) is 21.2. The standard InChI is InChI=1S/C27H24Cl2N4O3/c1-3-32(26(35)19-6-10-21(29)11-7-19)17-25(34)31-27-30-24(18-4-8-20(28)9-5-18)16-33(27)22-12-14-23(36-2)15-13-22/h4-16H,3,17H2,1-2H3,(H,30,31,34).